The molecular formula is C18H34N4O2. The molecule has 0 aliphatic heterocycles. The first-order chi connectivity index (χ1) is 11.6. The first-order valence-corrected chi connectivity index (χ1v) is 9.71. The minimum atomic E-state index is -0.0730. The number of amides is 4. The number of hydrogen-bond acceptors (Lipinski definition) is 2. The Balaban J connectivity index is 1.52. The predicted molar refractivity (Wildman–Crippen MR) is 96.1 cm³/mol. The Morgan fingerprint density at radius 2 is 1.42 bits per heavy atom. The van der Waals surface area contributed by atoms with Crippen molar-refractivity contribution in [1.29, 1.82) is 0 Å². The van der Waals surface area contributed by atoms with E-state index in [-0.39, 0.29) is 12.1 Å². The summed E-state index contributed by atoms with van der Waals surface area (Å²) in [6.07, 6.45) is 12.6. The highest BCUT2D eigenvalue weighted by Gasteiger charge is 2.18. The summed E-state index contributed by atoms with van der Waals surface area (Å²) in [5.74, 6) is 0. The molecule has 0 aromatic rings. The van der Waals surface area contributed by atoms with Gasteiger partial charge in [-0.05, 0) is 32.1 Å². The second-order valence-corrected chi connectivity index (χ2v) is 7.29. The lowest BCUT2D eigenvalue weighted by molar-refractivity contribution is 0.200. The summed E-state index contributed by atoms with van der Waals surface area (Å²) in [6, 6.07) is 0.612. The first-order valence-electron chi connectivity index (χ1n) is 9.71. The zero-order valence-corrected chi connectivity index (χ0v) is 15.1. The van der Waals surface area contributed by atoms with Crippen LogP contribution in [0.2, 0.25) is 0 Å². The van der Waals surface area contributed by atoms with Crippen molar-refractivity contribution >= 4 is 12.1 Å². The SMILES string of the molecule is CN(CCCNC(=O)NC1CCCCC1)C(=O)NC1CCCCC1. The normalized spacial score (nSPS) is 19.5. The summed E-state index contributed by atoms with van der Waals surface area (Å²) < 4.78 is 0. The van der Waals surface area contributed by atoms with E-state index >= 15 is 0 Å². The van der Waals surface area contributed by atoms with Gasteiger partial charge < -0.3 is 20.9 Å². The summed E-state index contributed by atoms with van der Waals surface area (Å²) in [5.41, 5.74) is 0. The van der Waals surface area contributed by atoms with Crippen molar-refractivity contribution in [2.45, 2.75) is 82.7 Å². The molecule has 24 heavy (non-hydrogen) atoms. The van der Waals surface area contributed by atoms with Crippen LogP contribution in [0.15, 0.2) is 0 Å². The lowest BCUT2D eigenvalue weighted by Gasteiger charge is -2.26. The second kappa shape index (κ2) is 10.4. The Morgan fingerprint density at radius 1 is 0.875 bits per heavy atom. The van der Waals surface area contributed by atoms with E-state index in [2.05, 4.69) is 16.0 Å². The quantitative estimate of drug-likeness (QED) is 0.651. The Morgan fingerprint density at radius 3 is 2.00 bits per heavy atom. The van der Waals surface area contributed by atoms with E-state index in [1.807, 2.05) is 7.05 Å². The summed E-state index contributed by atoms with van der Waals surface area (Å²) in [4.78, 5) is 25.7. The fourth-order valence-corrected chi connectivity index (χ4v) is 3.63. The van der Waals surface area contributed by atoms with Gasteiger partial charge in [-0.2, -0.15) is 0 Å². The number of hydrogen-bond donors (Lipinski definition) is 3. The van der Waals surface area contributed by atoms with Crippen molar-refractivity contribution in [3.05, 3.63) is 0 Å². The zero-order chi connectivity index (χ0) is 17.2. The van der Waals surface area contributed by atoms with Crippen LogP contribution in [-0.4, -0.2) is 49.2 Å². The molecule has 2 fully saturated rings. The first kappa shape index (κ1) is 18.9. The molecule has 4 amide bonds. The van der Waals surface area contributed by atoms with Gasteiger partial charge in [-0.25, -0.2) is 9.59 Å². The van der Waals surface area contributed by atoms with Gasteiger partial charge in [0.05, 0.1) is 0 Å². The molecular weight excluding hydrogens is 304 g/mol. The number of urea groups is 2. The molecule has 0 heterocycles. The molecule has 2 aliphatic carbocycles. The number of nitrogens with one attached hydrogen (secondary N) is 3. The molecule has 6 heteroatoms. The van der Waals surface area contributed by atoms with Gasteiger partial charge >= 0.3 is 12.1 Å². The fourth-order valence-electron chi connectivity index (χ4n) is 3.63. The topological polar surface area (TPSA) is 73.5 Å². The van der Waals surface area contributed by atoms with Gasteiger partial charge in [-0.15, -0.1) is 0 Å². The van der Waals surface area contributed by atoms with E-state index in [1.165, 1.54) is 38.5 Å². The van der Waals surface area contributed by atoms with Crippen LogP contribution in [0.1, 0.15) is 70.6 Å². The Bertz CT molecular complexity index is 390. The van der Waals surface area contributed by atoms with Crippen molar-refractivity contribution in [3.8, 4) is 0 Å². The maximum atomic E-state index is 12.1. The van der Waals surface area contributed by atoms with Crippen LogP contribution >= 0.6 is 0 Å². The summed E-state index contributed by atoms with van der Waals surface area (Å²) in [5, 5.41) is 9.05. The van der Waals surface area contributed by atoms with Gasteiger partial charge in [0.25, 0.3) is 0 Å². The van der Waals surface area contributed by atoms with E-state index in [1.54, 1.807) is 4.90 Å². The summed E-state index contributed by atoms with van der Waals surface area (Å²) in [6.45, 7) is 1.25. The van der Waals surface area contributed by atoms with Crippen LogP contribution in [0.5, 0.6) is 0 Å². The average Bonchev–Trinajstić information content (AvgIpc) is 2.60. The maximum Gasteiger partial charge on any atom is 0.317 e. The smallest absolute Gasteiger partial charge is 0.317 e. The van der Waals surface area contributed by atoms with E-state index in [9.17, 15) is 9.59 Å². The van der Waals surface area contributed by atoms with E-state index in [4.69, 9.17) is 0 Å². The minimum absolute atomic E-state index is 0.00792. The summed E-state index contributed by atoms with van der Waals surface area (Å²) >= 11 is 0. The van der Waals surface area contributed by atoms with Crippen LogP contribution in [0, 0.1) is 0 Å². The highest BCUT2D eigenvalue weighted by molar-refractivity contribution is 5.74. The van der Waals surface area contributed by atoms with Crippen molar-refractivity contribution in [2.24, 2.45) is 0 Å². The third-order valence-corrected chi connectivity index (χ3v) is 5.18. The molecule has 3 N–H and O–H groups in total. The standard InChI is InChI=1S/C18H34N4O2/c1-22(18(24)21-16-11-6-3-7-12-16)14-8-13-19-17(23)20-15-9-4-2-5-10-15/h15-16H,2-14H2,1H3,(H,21,24)(H2,19,20,23). The zero-order valence-electron chi connectivity index (χ0n) is 15.1. The van der Waals surface area contributed by atoms with Gasteiger partial charge in [0.1, 0.15) is 0 Å². The lowest BCUT2D eigenvalue weighted by Crippen LogP contribution is -2.45. The molecule has 138 valence electrons. The van der Waals surface area contributed by atoms with E-state index in [0.29, 0.717) is 25.2 Å². The Labute approximate surface area is 146 Å². The van der Waals surface area contributed by atoms with Crippen LogP contribution in [0.4, 0.5) is 9.59 Å². The van der Waals surface area contributed by atoms with Crippen LogP contribution < -0.4 is 16.0 Å². The van der Waals surface area contributed by atoms with E-state index in [0.717, 1.165) is 32.1 Å². The number of rotatable bonds is 6. The molecule has 0 spiro atoms. The molecule has 2 aliphatic rings. The predicted octanol–water partition coefficient (Wildman–Crippen LogP) is 2.98. The second-order valence-electron chi connectivity index (χ2n) is 7.29. The van der Waals surface area contributed by atoms with Crippen LogP contribution in [-0.2, 0) is 0 Å². The monoisotopic (exact) mass is 338 g/mol. The molecule has 0 bridgehead atoms. The maximum absolute atomic E-state index is 12.1. The number of carbonyl (C=O) groups is 2. The highest BCUT2D eigenvalue weighted by Crippen LogP contribution is 2.18. The molecule has 0 saturated heterocycles. The fraction of sp³-hybridized carbons (Fsp3) is 0.889. The Hall–Kier alpha value is -1.46. The third-order valence-electron chi connectivity index (χ3n) is 5.18. The van der Waals surface area contributed by atoms with Gasteiger partial charge in [-0.1, -0.05) is 38.5 Å². The van der Waals surface area contributed by atoms with Gasteiger partial charge in [0.15, 0.2) is 0 Å². The molecule has 6 nitrogen and oxygen atoms in total. The Kier molecular flexibility index (Phi) is 8.19. The number of carbonyl (C=O) groups excluding carboxylic acids is 2. The van der Waals surface area contributed by atoms with Crippen molar-refractivity contribution in [2.75, 3.05) is 20.1 Å². The van der Waals surface area contributed by atoms with Gasteiger partial charge in [-0.3, -0.25) is 0 Å². The molecule has 2 rings (SSSR count). The van der Waals surface area contributed by atoms with Gasteiger partial charge in [0, 0.05) is 32.2 Å². The van der Waals surface area contributed by atoms with Gasteiger partial charge in [0.2, 0.25) is 0 Å². The van der Waals surface area contributed by atoms with Crippen LogP contribution in [0.3, 0.4) is 0 Å². The van der Waals surface area contributed by atoms with E-state index < -0.39 is 0 Å². The molecule has 0 atom stereocenters. The third kappa shape index (κ3) is 6.97. The summed E-state index contributed by atoms with van der Waals surface area (Å²) in [7, 11) is 1.82. The van der Waals surface area contributed by atoms with Crippen LogP contribution in [0.25, 0.3) is 0 Å². The lowest BCUT2D eigenvalue weighted by atomic mass is 9.96. The number of nitrogens with zero attached hydrogens (tertiary/aromatic N) is 1. The minimum Gasteiger partial charge on any atom is -0.338 e. The van der Waals surface area contributed by atoms with Crippen molar-refractivity contribution in [3.63, 3.8) is 0 Å². The molecule has 0 radical (unpaired) electrons. The molecule has 0 unspecified atom stereocenters. The average molecular weight is 338 g/mol. The van der Waals surface area contributed by atoms with Crippen molar-refractivity contribution in [1.82, 2.24) is 20.9 Å². The molecule has 0 aromatic heterocycles. The van der Waals surface area contributed by atoms with Crippen molar-refractivity contribution < 1.29 is 9.59 Å². The molecule has 0 aromatic carbocycles. The molecule has 2 saturated carbocycles. The highest BCUT2D eigenvalue weighted by atomic mass is 16.2. The largest absolute Gasteiger partial charge is 0.338 e.